The Balaban J connectivity index is 2.25. The van der Waals surface area contributed by atoms with Crippen LogP contribution in [0, 0.1) is 0 Å². The van der Waals surface area contributed by atoms with E-state index in [2.05, 4.69) is 27.5 Å². The molecule has 0 spiro atoms. The molecule has 0 amide bonds. The number of aromatic nitrogens is 1. The first-order valence-electron chi connectivity index (χ1n) is 5.90. The smallest absolute Gasteiger partial charge is 0.317 e. The van der Waals surface area contributed by atoms with Gasteiger partial charge in [0.25, 0.3) is 0 Å². The van der Waals surface area contributed by atoms with Gasteiger partial charge in [-0.05, 0) is 23.8 Å². The van der Waals surface area contributed by atoms with Crippen LogP contribution in [0.15, 0.2) is 41.5 Å². The van der Waals surface area contributed by atoms with Crippen molar-refractivity contribution in [3.8, 4) is 0 Å². The Kier molecular flexibility index (Phi) is 4.39. The molecule has 0 bridgehead atoms. The first kappa shape index (κ1) is 13.8. The van der Waals surface area contributed by atoms with E-state index in [0.717, 1.165) is 20.9 Å². The standard InChI is InChI=1S/C14H15BrN2O2/c1-2-5-17(9-14(18)19)8-10-7-16-13-4-3-11(15)6-12(10)13/h2-4,6-7,16H,1,5,8-9H2,(H,18,19). The van der Waals surface area contributed by atoms with E-state index in [1.807, 2.05) is 29.3 Å². The van der Waals surface area contributed by atoms with Crippen LogP contribution >= 0.6 is 15.9 Å². The van der Waals surface area contributed by atoms with Crippen LogP contribution in [0.5, 0.6) is 0 Å². The van der Waals surface area contributed by atoms with Gasteiger partial charge in [0.15, 0.2) is 0 Å². The van der Waals surface area contributed by atoms with E-state index in [1.54, 1.807) is 6.08 Å². The Hall–Kier alpha value is -1.59. The van der Waals surface area contributed by atoms with Crippen molar-refractivity contribution >= 4 is 32.8 Å². The zero-order chi connectivity index (χ0) is 13.8. The topological polar surface area (TPSA) is 56.3 Å². The van der Waals surface area contributed by atoms with Crippen LogP contribution in [-0.2, 0) is 11.3 Å². The van der Waals surface area contributed by atoms with E-state index >= 15 is 0 Å². The highest BCUT2D eigenvalue weighted by molar-refractivity contribution is 9.10. The number of aromatic amines is 1. The van der Waals surface area contributed by atoms with Gasteiger partial charge in [-0.1, -0.05) is 22.0 Å². The third kappa shape index (κ3) is 3.45. The quantitative estimate of drug-likeness (QED) is 0.804. The summed E-state index contributed by atoms with van der Waals surface area (Å²) in [5, 5.41) is 10.0. The number of aliphatic carboxylic acids is 1. The summed E-state index contributed by atoms with van der Waals surface area (Å²) in [6.45, 7) is 4.80. The van der Waals surface area contributed by atoms with Gasteiger partial charge >= 0.3 is 5.97 Å². The molecule has 1 aromatic carbocycles. The molecule has 100 valence electrons. The number of hydrogen-bond acceptors (Lipinski definition) is 2. The largest absolute Gasteiger partial charge is 0.480 e. The van der Waals surface area contributed by atoms with E-state index < -0.39 is 5.97 Å². The summed E-state index contributed by atoms with van der Waals surface area (Å²) in [6, 6.07) is 6.01. The summed E-state index contributed by atoms with van der Waals surface area (Å²) in [7, 11) is 0. The van der Waals surface area contributed by atoms with Crippen LogP contribution in [0.25, 0.3) is 10.9 Å². The third-order valence-electron chi connectivity index (χ3n) is 2.87. The number of carboxylic acids is 1. The maximum atomic E-state index is 10.8. The lowest BCUT2D eigenvalue weighted by atomic mass is 10.1. The van der Waals surface area contributed by atoms with Crippen LogP contribution < -0.4 is 0 Å². The lowest BCUT2D eigenvalue weighted by molar-refractivity contribution is -0.138. The van der Waals surface area contributed by atoms with Gasteiger partial charge in [0, 0.05) is 34.7 Å². The number of halogens is 1. The highest BCUT2D eigenvalue weighted by Crippen LogP contribution is 2.23. The molecule has 5 heteroatoms. The van der Waals surface area contributed by atoms with E-state index in [4.69, 9.17) is 5.11 Å². The predicted octanol–water partition coefficient (Wildman–Crippen LogP) is 3.00. The Morgan fingerprint density at radius 2 is 2.32 bits per heavy atom. The van der Waals surface area contributed by atoms with Gasteiger partial charge in [0.1, 0.15) is 0 Å². The molecule has 1 aromatic heterocycles. The Labute approximate surface area is 119 Å². The zero-order valence-corrected chi connectivity index (χ0v) is 12.0. The molecule has 1 heterocycles. The van der Waals surface area contributed by atoms with Crippen LogP contribution in [0.3, 0.4) is 0 Å². The van der Waals surface area contributed by atoms with Gasteiger partial charge in [-0.2, -0.15) is 0 Å². The van der Waals surface area contributed by atoms with E-state index in [1.165, 1.54) is 0 Å². The fourth-order valence-electron chi connectivity index (χ4n) is 2.08. The van der Waals surface area contributed by atoms with Crippen LogP contribution in [0.1, 0.15) is 5.56 Å². The van der Waals surface area contributed by atoms with Crippen molar-refractivity contribution in [1.82, 2.24) is 9.88 Å². The number of nitrogens with one attached hydrogen (secondary N) is 1. The summed E-state index contributed by atoms with van der Waals surface area (Å²) in [5.74, 6) is -0.831. The number of carbonyl (C=O) groups is 1. The molecule has 0 aliphatic heterocycles. The predicted molar refractivity (Wildman–Crippen MR) is 79.1 cm³/mol. The number of carboxylic acid groups (broad SMARTS) is 1. The van der Waals surface area contributed by atoms with Crippen molar-refractivity contribution in [2.24, 2.45) is 0 Å². The zero-order valence-electron chi connectivity index (χ0n) is 10.4. The van der Waals surface area contributed by atoms with Crippen molar-refractivity contribution in [1.29, 1.82) is 0 Å². The highest BCUT2D eigenvalue weighted by Gasteiger charge is 2.12. The molecule has 19 heavy (non-hydrogen) atoms. The molecule has 0 saturated heterocycles. The molecule has 0 fully saturated rings. The number of H-pyrrole nitrogens is 1. The fraction of sp³-hybridized carbons (Fsp3) is 0.214. The first-order valence-corrected chi connectivity index (χ1v) is 6.70. The average Bonchev–Trinajstić information content (AvgIpc) is 2.71. The average molecular weight is 323 g/mol. The monoisotopic (exact) mass is 322 g/mol. The van der Waals surface area contributed by atoms with Crippen molar-refractivity contribution in [3.05, 3.63) is 47.1 Å². The van der Waals surface area contributed by atoms with E-state index in [0.29, 0.717) is 13.1 Å². The van der Waals surface area contributed by atoms with Gasteiger partial charge in [-0.3, -0.25) is 9.69 Å². The number of rotatable bonds is 6. The molecular weight excluding hydrogens is 308 g/mol. The molecule has 0 aliphatic carbocycles. The molecule has 2 aromatic rings. The SMILES string of the molecule is C=CCN(CC(=O)O)Cc1c[nH]c2ccc(Br)cc12. The number of nitrogens with zero attached hydrogens (tertiary/aromatic N) is 1. The Morgan fingerprint density at radius 3 is 3.00 bits per heavy atom. The summed E-state index contributed by atoms with van der Waals surface area (Å²) in [6.07, 6.45) is 3.64. The highest BCUT2D eigenvalue weighted by atomic mass is 79.9. The molecule has 2 N–H and O–H groups in total. The van der Waals surface area contributed by atoms with E-state index in [-0.39, 0.29) is 6.54 Å². The van der Waals surface area contributed by atoms with Crippen molar-refractivity contribution in [3.63, 3.8) is 0 Å². The molecular formula is C14H15BrN2O2. The fourth-order valence-corrected chi connectivity index (χ4v) is 2.44. The molecule has 2 rings (SSSR count). The summed E-state index contributed by atoms with van der Waals surface area (Å²) >= 11 is 3.45. The van der Waals surface area contributed by atoms with Gasteiger partial charge in [0.2, 0.25) is 0 Å². The summed E-state index contributed by atoms with van der Waals surface area (Å²) in [4.78, 5) is 15.9. The molecule has 0 saturated carbocycles. The van der Waals surface area contributed by atoms with Crippen LogP contribution in [-0.4, -0.2) is 34.0 Å². The van der Waals surface area contributed by atoms with E-state index in [9.17, 15) is 4.79 Å². The van der Waals surface area contributed by atoms with Gasteiger partial charge in [-0.15, -0.1) is 6.58 Å². The van der Waals surface area contributed by atoms with Gasteiger partial charge in [-0.25, -0.2) is 0 Å². The second-order valence-corrected chi connectivity index (χ2v) is 5.27. The lowest BCUT2D eigenvalue weighted by Gasteiger charge is -2.17. The first-order chi connectivity index (χ1) is 9.10. The summed E-state index contributed by atoms with van der Waals surface area (Å²) in [5.41, 5.74) is 2.13. The summed E-state index contributed by atoms with van der Waals surface area (Å²) < 4.78 is 1.01. The van der Waals surface area contributed by atoms with Crippen molar-refractivity contribution in [2.45, 2.75) is 6.54 Å². The second-order valence-electron chi connectivity index (χ2n) is 4.36. The third-order valence-corrected chi connectivity index (χ3v) is 3.36. The Bertz CT molecular complexity index is 607. The Morgan fingerprint density at radius 1 is 1.53 bits per heavy atom. The minimum Gasteiger partial charge on any atom is -0.480 e. The van der Waals surface area contributed by atoms with Crippen molar-refractivity contribution < 1.29 is 9.90 Å². The maximum Gasteiger partial charge on any atom is 0.317 e. The molecule has 0 unspecified atom stereocenters. The van der Waals surface area contributed by atoms with Gasteiger partial charge < -0.3 is 10.1 Å². The number of fused-ring (bicyclic) bond motifs is 1. The van der Waals surface area contributed by atoms with Gasteiger partial charge in [0.05, 0.1) is 6.54 Å². The minimum absolute atomic E-state index is 0.00664. The van der Waals surface area contributed by atoms with Crippen LogP contribution in [0.4, 0.5) is 0 Å². The molecule has 0 radical (unpaired) electrons. The lowest BCUT2D eigenvalue weighted by Crippen LogP contribution is -2.29. The minimum atomic E-state index is -0.831. The molecule has 4 nitrogen and oxygen atoms in total. The number of benzene rings is 1. The molecule has 0 atom stereocenters. The maximum absolute atomic E-state index is 10.8. The number of hydrogen-bond donors (Lipinski definition) is 2. The molecule has 0 aliphatic rings. The normalized spacial score (nSPS) is 11.1. The second kappa shape index (κ2) is 6.04. The van der Waals surface area contributed by atoms with Crippen LogP contribution in [0.2, 0.25) is 0 Å². The van der Waals surface area contributed by atoms with Crippen molar-refractivity contribution in [2.75, 3.05) is 13.1 Å².